The summed E-state index contributed by atoms with van der Waals surface area (Å²) in [4.78, 5) is 10.8. The smallest absolute Gasteiger partial charge is 0.121 e. The first-order chi connectivity index (χ1) is 18.0. The van der Waals surface area contributed by atoms with E-state index in [1.807, 2.05) is 26.0 Å². The van der Waals surface area contributed by atoms with Gasteiger partial charge in [-0.3, -0.25) is 0 Å². The number of nitrogens with one attached hydrogen (secondary N) is 1. The zero-order valence-corrected chi connectivity index (χ0v) is 24.9. The minimum Gasteiger partial charge on any atom is -0.168 e. The summed E-state index contributed by atoms with van der Waals surface area (Å²) in [6.45, 7) is 4.03. The van der Waals surface area contributed by atoms with Gasteiger partial charge in [-0.1, -0.05) is 115 Å². The first-order valence-electron chi connectivity index (χ1n) is 11.7. The van der Waals surface area contributed by atoms with Crippen LogP contribution < -0.4 is 10.4 Å². The molecule has 6 heteroatoms. The van der Waals surface area contributed by atoms with Gasteiger partial charge < -0.3 is 10.5 Å². The summed E-state index contributed by atoms with van der Waals surface area (Å²) < 4.78 is 0. The van der Waals surface area contributed by atoms with Crippen molar-refractivity contribution in [2.75, 3.05) is 0 Å². The molecule has 0 fully saturated rings. The standard InChI is InChI=1S/C12H10Si.C10H13NO.C9H7.2ClH.Ti/c1-3-7-11(8-4-1)13-12-9-5-2-6-10-12;1-7(2)8-5-3-4-6-9(8)10(11)12;1-2-5-9-7-3-6-8(9)4-1;;;/h1-10H;3-7H,1-2H3,(H2,11,12);1-7H;2*1H;/q;;-1;;;+2/p-3. The second kappa shape index (κ2) is 17.8. The molecule has 0 saturated heterocycles. The Kier molecular flexibility index (Phi) is 14.8. The van der Waals surface area contributed by atoms with Crippen LogP contribution in [0.15, 0.2) is 127 Å². The van der Waals surface area contributed by atoms with E-state index in [2.05, 4.69) is 103 Å². The van der Waals surface area contributed by atoms with Crippen molar-refractivity contribution in [2.24, 2.45) is 0 Å². The van der Waals surface area contributed by atoms with Crippen LogP contribution in [-0.4, -0.2) is 15.4 Å². The van der Waals surface area contributed by atoms with E-state index in [-0.39, 0.29) is 0 Å². The summed E-state index contributed by atoms with van der Waals surface area (Å²) in [5.74, 6) is -0.296. The molecule has 188 valence electrons. The Morgan fingerprint density at radius 3 is 1.73 bits per heavy atom. The molecule has 0 aromatic heterocycles. The average molecular weight is 578 g/mol. The van der Waals surface area contributed by atoms with E-state index in [4.69, 9.17) is 24.3 Å². The summed E-state index contributed by atoms with van der Waals surface area (Å²) in [5, 5.41) is 5.46. The molecule has 5 aromatic carbocycles. The van der Waals surface area contributed by atoms with Gasteiger partial charge in [0, 0.05) is 5.56 Å². The fourth-order valence-corrected chi connectivity index (χ4v) is 4.54. The molecule has 1 amide bonds. The number of hydrogen-bond acceptors (Lipinski definition) is 1. The Bertz CT molecular complexity index is 1240. The largest absolute Gasteiger partial charge is 0.168 e. The van der Waals surface area contributed by atoms with Crippen molar-refractivity contribution >= 4 is 55.2 Å². The first kappa shape index (κ1) is 30.7. The third-order valence-corrected chi connectivity index (χ3v) is 6.46. The molecule has 0 aliphatic heterocycles. The van der Waals surface area contributed by atoms with Gasteiger partial charge in [0.05, 0.1) is 5.91 Å². The summed E-state index contributed by atoms with van der Waals surface area (Å²) in [7, 11) is 10.6. The van der Waals surface area contributed by atoms with Gasteiger partial charge >= 0.3 is 35.6 Å². The molecule has 5 rings (SSSR count). The van der Waals surface area contributed by atoms with E-state index >= 15 is 0 Å². The third kappa shape index (κ3) is 11.6. The fraction of sp³-hybridized carbons (Fsp3) is 0.0968. The van der Waals surface area contributed by atoms with Crippen molar-refractivity contribution in [2.45, 2.75) is 19.8 Å². The molecular weight excluding hydrogens is 549 g/mol. The Balaban J connectivity index is 0.000000187. The molecular formula is C31H29Cl2NOSiTi-2. The van der Waals surface area contributed by atoms with Crippen molar-refractivity contribution in [3.63, 3.8) is 0 Å². The second-order valence-electron chi connectivity index (χ2n) is 8.15. The minimum atomic E-state index is -0.598. The number of halogens is 2. The first-order valence-corrected chi connectivity index (χ1v) is 17.0. The predicted octanol–water partition coefficient (Wildman–Crippen LogP) is 8.28. The van der Waals surface area contributed by atoms with Crippen molar-refractivity contribution in [3.8, 4) is 0 Å². The van der Waals surface area contributed by atoms with Crippen LogP contribution in [0.4, 0.5) is 0 Å². The molecule has 2 nitrogen and oxygen atoms in total. The second-order valence-corrected chi connectivity index (χ2v) is 12.1. The van der Waals surface area contributed by atoms with Crippen LogP contribution >= 0.6 is 18.6 Å². The van der Waals surface area contributed by atoms with Gasteiger partial charge in [0.2, 0.25) is 0 Å². The quantitative estimate of drug-likeness (QED) is 0.156. The van der Waals surface area contributed by atoms with Crippen molar-refractivity contribution in [3.05, 3.63) is 144 Å². The monoisotopic (exact) mass is 577 g/mol. The van der Waals surface area contributed by atoms with Crippen LogP contribution in [0.5, 0.6) is 0 Å². The molecule has 0 bridgehead atoms. The van der Waals surface area contributed by atoms with Crippen LogP contribution in [0.2, 0.25) is 0 Å². The Labute approximate surface area is 239 Å². The van der Waals surface area contributed by atoms with Gasteiger partial charge in [0.15, 0.2) is 0 Å². The Hall–Kier alpha value is -2.53. The summed E-state index contributed by atoms with van der Waals surface area (Å²) in [6.07, 6.45) is 0. The predicted molar refractivity (Wildman–Crippen MR) is 158 cm³/mol. The van der Waals surface area contributed by atoms with E-state index in [1.54, 1.807) is 12.1 Å². The van der Waals surface area contributed by atoms with Crippen LogP contribution in [-0.2, 0) is 17.0 Å². The number of rotatable bonds is 4. The van der Waals surface area contributed by atoms with E-state index in [0.29, 0.717) is 11.5 Å². The van der Waals surface area contributed by atoms with Gasteiger partial charge in [-0.25, -0.2) is 0 Å². The molecule has 0 aliphatic rings. The maximum absolute atomic E-state index is 10.8. The van der Waals surface area contributed by atoms with E-state index < -0.39 is 22.9 Å². The third-order valence-electron chi connectivity index (χ3n) is 5.21. The van der Waals surface area contributed by atoms with Gasteiger partial charge in [-0.05, 0) is 11.5 Å². The van der Waals surface area contributed by atoms with Gasteiger partial charge in [0.1, 0.15) is 9.52 Å². The van der Waals surface area contributed by atoms with E-state index in [0.717, 1.165) is 15.1 Å². The Morgan fingerprint density at radius 1 is 0.757 bits per heavy atom. The zero-order chi connectivity index (χ0) is 26.9. The maximum atomic E-state index is 10.8. The van der Waals surface area contributed by atoms with Crippen LogP contribution in [0.3, 0.4) is 0 Å². The van der Waals surface area contributed by atoms with E-state index in [1.165, 1.54) is 21.1 Å². The number of amides is 1. The molecule has 0 atom stereocenters. The number of fused-ring (bicyclic) bond motifs is 1. The molecule has 2 radical (unpaired) electrons. The number of carbonyl (C=O) groups excluding carboxylic acids is 1. The van der Waals surface area contributed by atoms with Crippen molar-refractivity contribution in [1.29, 1.82) is 0 Å². The summed E-state index contributed by atoms with van der Waals surface area (Å²) >= 11 is -0.556. The van der Waals surface area contributed by atoms with Crippen molar-refractivity contribution in [1.82, 2.24) is 0 Å². The van der Waals surface area contributed by atoms with Gasteiger partial charge in [-0.2, -0.15) is 17.5 Å². The zero-order valence-electron chi connectivity index (χ0n) is 20.9. The molecule has 0 unspecified atom stereocenters. The number of carbonyl (C=O) groups is 1. The molecule has 0 aliphatic carbocycles. The van der Waals surface area contributed by atoms with Crippen LogP contribution in [0.1, 0.15) is 35.7 Å². The van der Waals surface area contributed by atoms with Gasteiger partial charge in [0.25, 0.3) is 0 Å². The maximum Gasteiger partial charge on any atom is 0.121 e. The fourth-order valence-electron chi connectivity index (χ4n) is 3.49. The van der Waals surface area contributed by atoms with E-state index in [9.17, 15) is 4.79 Å². The minimum absolute atomic E-state index is 0.301. The van der Waals surface area contributed by atoms with Crippen LogP contribution in [0, 0.1) is 0 Å². The number of benzene rings is 4. The van der Waals surface area contributed by atoms with Gasteiger partial charge in [-0.15, -0.1) is 29.7 Å². The molecule has 1 N–H and O–H groups in total. The molecule has 0 spiro atoms. The summed E-state index contributed by atoms with van der Waals surface area (Å²) in [6, 6.07) is 43.1. The normalized spacial score (nSPS) is 9.65. The van der Waals surface area contributed by atoms with Crippen LogP contribution in [0.25, 0.3) is 16.5 Å². The average Bonchev–Trinajstić information content (AvgIpc) is 3.40. The topological polar surface area (TPSA) is 40.9 Å². The Morgan fingerprint density at radius 2 is 1.24 bits per heavy atom. The SMILES string of the molecule is CC(C)c1ccccc1C([NH-])=O.[Cl][Ti][Cl].c1ccc([Si]c2ccccc2)cc1.c1ccc2[cH-]ccc2c1. The van der Waals surface area contributed by atoms with Crippen molar-refractivity contribution < 1.29 is 21.8 Å². The number of hydrogen-bond donors (Lipinski definition) is 0. The summed E-state index contributed by atoms with van der Waals surface area (Å²) in [5.41, 5.74) is 8.49. The molecule has 5 aromatic rings. The molecule has 0 saturated carbocycles. The molecule has 0 heterocycles. The molecule has 37 heavy (non-hydrogen) atoms.